The minimum Gasteiger partial charge on any atom is -0.312 e. The molecule has 1 saturated heterocycles. The molecule has 0 bridgehead atoms. The van der Waals surface area contributed by atoms with E-state index < -0.39 is 26.0 Å². The summed E-state index contributed by atoms with van der Waals surface area (Å²) in [5.41, 5.74) is 0.930. The average molecular weight is 549 g/mol. The first-order chi connectivity index (χ1) is 17.1. The van der Waals surface area contributed by atoms with E-state index in [4.69, 9.17) is 5.14 Å². The fourth-order valence-corrected chi connectivity index (χ4v) is 7.83. The maximum absolute atomic E-state index is 13.2. The van der Waals surface area contributed by atoms with Crippen molar-refractivity contribution in [1.82, 2.24) is 8.87 Å². The van der Waals surface area contributed by atoms with Crippen molar-refractivity contribution < 1.29 is 21.6 Å². The van der Waals surface area contributed by atoms with Gasteiger partial charge in [-0.05, 0) is 61.7 Å². The molecule has 2 N–H and O–H groups in total. The molecule has 0 unspecified atom stereocenters. The van der Waals surface area contributed by atoms with Crippen molar-refractivity contribution in [3.05, 3.63) is 65.5 Å². The molecule has 4 rings (SSSR count). The molecule has 0 saturated carbocycles. The van der Waals surface area contributed by atoms with Crippen molar-refractivity contribution in [2.24, 2.45) is 10.1 Å². The van der Waals surface area contributed by atoms with Crippen LogP contribution in [0.15, 0.2) is 69.9 Å². The molecular formula is C24H28N4O5S3. The van der Waals surface area contributed by atoms with Gasteiger partial charge in [-0.25, -0.2) is 22.0 Å². The van der Waals surface area contributed by atoms with Crippen molar-refractivity contribution in [3.8, 4) is 0 Å². The van der Waals surface area contributed by atoms with Gasteiger partial charge in [0, 0.05) is 24.7 Å². The molecule has 3 aromatic rings. The predicted octanol–water partition coefficient (Wildman–Crippen LogP) is 3.23. The minimum atomic E-state index is -3.88. The lowest BCUT2D eigenvalue weighted by atomic mass is 10.0. The number of benzene rings is 2. The summed E-state index contributed by atoms with van der Waals surface area (Å²) < 4.78 is 53.8. The van der Waals surface area contributed by atoms with E-state index in [2.05, 4.69) is 11.6 Å². The number of sulfonamides is 2. The van der Waals surface area contributed by atoms with Crippen LogP contribution in [-0.4, -0.2) is 44.2 Å². The van der Waals surface area contributed by atoms with E-state index in [1.165, 1.54) is 36.4 Å². The number of nitrogens with two attached hydrogens (primary N) is 1. The molecule has 12 heteroatoms. The Labute approximate surface area is 214 Å². The Morgan fingerprint density at radius 1 is 1.14 bits per heavy atom. The van der Waals surface area contributed by atoms with Gasteiger partial charge in [0.05, 0.1) is 20.0 Å². The lowest BCUT2D eigenvalue weighted by molar-refractivity contribution is 0.0997. The summed E-state index contributed by atoms with van der Waals surface area (Å²) in [5, 5.41) is 5.24. The van der Waals surface area contributed by atoms with Crippen molar-refractivity contribution in [1.29, 1.82) is 0 Å². The van der Waals surface area contributed by atoms with Gasteiger partial charge >= 0.3 is 0 Å². The molecule has 1 atom stereocenters. The first-order valence-corrected chi connectivity index (χ1v) is 15.3. The van der Waals surface area contributed by atoms with Crippen LogP contribution in [0, 0.1) is 0 Å². The van der Waals surface area contributed by atoms with Gasteiger partial charge in [-0.1, -0.05) is 30.8 Å². The number of piperidine rings is 1. The molecule has 0 aliphatic carbocycles. The number of primary sulfonamides is 1. The Morgan fingerprint density at radius 2 is 1.83 bits per heavy atom. The lowest BCUT2D eigenvalue weighted by Gasteiger charge is -2.34. The van der Waals surface area contributed by atoms with Gasteiger partial charge in [-0.2, -0.15) is 9.30 Å². The summed E-state index contributed by atoms with van der Waals surface area (Å²) in [7, 11) is -7.53. The number of hydrogen-bond donors (Lipinski definition) is 1. The number of thiazole rings is 1. The van der Waals surface area contributed by atoms with Crippen LogP contribution in [0.4, 0.5) is 0 Å². The Bertz CT molecular complexity index is 1590. The van der Waals surface area contributed by atoms with E-state index >= 15 is 0 Å². The number of rotatable bonds is 7. The van der Waals surface area contributed by atoms with Crippen molar-refractivity contribution in [2.45, 2.75) is 55.0 Å². The van der Waals surface area contributed by atoms with Crippen LogP contribution in [0.2, 0.25) is 0 Å². The molecule has 36 heavy (non-hydrogen) atoms. The van der Waals surface area contributed by atoms with E-state index in [0.717, 1.165) is 37.0 Å². The molecule has 1 aliphatic rings. The van der Waals surface area contributed by atoms with E-state index in [1.54, 1.807) is 21.0 Å². The van der Waals surface area contributed by atoms with E-state index in [0.29, 0.717) is 28.1 Å². The van der Waals surface area contributed by atoms with E-state index in [1.807, 2.05) is 6.92 Å². The fourth-order valence-electron chi connectivity index (χ4n) is 4.38. The normalized spacial score (nSPS) is 17.9. The number of allylic oxidation sites excluding steroid dienone is 1. The zero-order valence-corrected chi connectivity index (χ0v) is 22.3. The Morgan fingerprint density at radius 3 is 2.47 bits per heavy atom. The lowest BCUT2D eigenvalue weighted by Crippen LogP contribution is -2.43. The van der Waals surface area contributed by atoms with Crippen molar-refractivity contribution in [2.75, 3.05) is 6.54 Å². The van der Waals surface area contributed by atoms with Crippen molar-refractivity contribution >= 4 is 47.5 Å². The number of nitrogens with zero attached hydrogens (tertiary/aromatic N) is 3. The van der Waals surface area contributed by atoms with Crippen LogP contribution in [0.5, 0.6) is 0 Å². The van der Waals surface area contributed by atoms with Gasteiger partial charge < -0.3 is 4.57 Å². The maximum Gasteiger partial charge on any atom is 0.279 e. The van der Waals surface area contributed by atoms with Gasteiger partial charge in [0.1, 0.15) is 0 Å². The highest BCUT2D eigenvalue weighted by Crippen LogP contribution is 2.27. The third-order valence-corrected chi connectivity index (χ3v) is 10.2. The highest BCUT2D eigenvalue weighted by Gasteiger charge is 2.32. The van der Waals surface area contributed by atoms with Crippen LogP contribution >= 0.6 is 11.3 Å². The van der Waals surface area contributed by atoms with Crippen LogP contribution in [-0.2, 0) is 26.6 Å². The molecule has 1 aliphatic heterocycles. The number of hydrogen-bond acceptors (Lipinski definition) is 6. The van der Waals surface area contributed by atoms with Gasteiger partial charge in [-0.15, -0.1) is 6.58 Å². The molecule has 1 amide bonds. The summed E-state index contributed by atoms with van der Waals surface area (Å²) in [5.74, 6) is -0.542. The van der Waals surface area contributed by atoms with Gasteiger partial charge in [0.25, 0.3) is 5.91 Å². The van der Waals surface area contributed by atoms with E-state index in [-0.39, 0.29) is 21.4 Å². The standard InChI is InChI=1S/C24H28N4O5S3/c1-3-14-27-21-13-12-20(35(25,30)31)16-22(21)34-24(27)26-23(29)17-8-10-19(11-9-17)36(32,33)28-15-6-5-7-18(28)4-2/h3,8-13,16,18H,1,4-7,14-15H2,2H3,(H2,25,30,31)/t18-/m0/s1. The Kier molecular flexibility index (Phi) is 7.62. The molecule has 2 aromatic carbocycles. The van der Waals surface area contributed by atoms with Gasteiger partial charge in [0.2, 0.25) is 20.0 Å². The highest BCUT2D eigenvalue weighted by atomic mass is 32.2. The quantitative estimate of drug-likeness (QED) is 0.453. The largest absolute Gasteiger partial charge is 0.312 e. The maximum atomic E-state index is 13.2. The molecule has 9 nitrogen and oxygen atoms in total. The molecule has 1 fully saturated rings. The molecular weight excluding hydrogens is 520 g/mol. The zero-order valence-electron chi connectivity index (χ0n) is 19.8. The van der Waals surface area contributed by atoms with Crippen LogP contribution in [0.3, 0.4) is 0 Å². The summed E-state index contributed by atoms with van der Waals surface area (Å²) in [6.07, 6.45) is 5.11. The summed E-state index contributed by atoms with van der Waals surface area (Å²) >= 11 is 1.15. The van der Waals surface area contributed by atoms with Crippen LogP contribution < -0.4 is 9.94 Å². The molecule has 2 heterocycles. The third kappa shape index (κ3) is 5.23. The molecule has 192 valence electrons. The second-order valence-corrected chi connectivity index (χ2v) is 13.0. The molecule has 1 aromatic heterocycles. The Balaban J connectivity index is 1.68. The second-order valence-electron chi connectivity index (χ2n) is 8.57. The minimum absolute atomic E-state index is 0.0110. The van der Waals surface area contributed by atoms with Crippen LogP contribution in [0.1, 0.15) is 43.0 Å². The van der Waals surface area contributed by atoms with Gasteiger partial charge in [-0.3, -0.25) is 4.79 Å². The monoisotopic (exact) mass is 548 g/mol. The summed E-state index contributed by atoms with van der Waals surface area (Å²) in [6, 6.07) is 10.3. The average Bonchev–Trinajstić information content (AvgIpc) is 3.19. The molecule has 0 radical (unpaired) electrons. The number of fused-ring (bicyclic) bond motifs is 1. The number of carbonyl (C=O) groups excluding carboxylic acids is 1. The predicted molar refractivity (Wildman–Crippen MR) is 140 cm³/mol. The smallest absolute Gasteiger partial charge is 0.279 e. The first-order valence-electron chi connectivity index (χ1n) is 11.5. The zero-order chi connectivity index (χ0) is 26.1. The molecule has 0 spiro atoms. The SMILES string of the molecule is C=CCn1c(=NC(=O)c2ccc(S(=O)(=O)N3CCCC[C@@H]3CC)cc2)sc2cc(S(N)(=O)=O)ccc21. The highest BCUT2D eigenvalue weighted by molar-refractivity contribution is 7.89. The first kappa shape index (κ1) is 26.4. The summed E-state index contributed by atoms with van der Waals surface area (Å²) in [6.45, 7) is 6.58. The van der Waals surface area contributed by atoms with Gasteiger partial charge in [0.15, 0.2) is 4.80 Å². The number of carbonyl (C=O) groups is 1. The fraction of sp³-hybridized carbons (Fsp3) is 0.333. The summed E-state index contributed by atoms with van der Waals surface area (Å²) in [4.78, 5) is 17.7. The van der Waals surface area contributed by atoms with E-state index in [9.17, 15) is 21.6 Å². The third-order valence-electron chi connectivity index (χ3n) is 6.24. The van der Waals surface area contributed by atoms with Crippen molar-refractivity contribution in [3.63, 3.8) is 0 Å². The topological polar surface area (TPSA) is 132 Å². The number of amides is 1. The Hall–Kier alpha value is -2.64. The second kappa shape index (κ2) is 10.4. The number of aromatic nitrogens is 1. The van der Waals surface area contributed by atoms with Crippen LogP contribution in [0.25, 0.3) is 10.2 Å².